The molecule has 2 aromatic rings. The van der Waals surface area contributed by atoms with E-state index in [4.69, 9.17) is 5.14 Å². The number of hydrogen-bond acceptors (Lipinski definition) is 4. The van der Waals surface area contributed by atoms with Gasteiger partial charge in [0.05, 0.1) is 4.90 Å². The molecule has 1 heterocycles. The molecule has 0 saturated carbocycles. The maximum Gasteiger partial charge on any atom is 0.238 e. The highest BCUT2D eigenvalue weighted by atomic mass is 32.2. The molecule has 0 aliphatic carbocycles. The Bertz CT molecular complexity index is 675. The monoisotopic (exact) mass is 310 g/mol. The first-order chi connectivity index (χ1) is 9.38. The third kappa shape index (κ3) is 3.67. The van der Waals surface area contributed by atoms with Crippen molar-refractivity contribution < 1.29 is 8.42 Å². The summed E-state index contributed by atoms with van der Waals surface area (Å²) in [5, 5.41) is 10.6. The van der Waals surface area contributed by atoms with Gasteiger partial charge < -0.3 is 5.32 Å². The summed E-state index contributed by atoms with van der Waals surface area (Å²) in [5.41, 5.74) is 2.32. The van der Waals surface area contributed by atoms with Gasteiger partial charge in [0.15, 0.2) is 0 Å². The van der Waals surface area contributed by atoms with Gasteiger partial charge in [-0.05, 0) is 48.6 Å². The molecule has 1 aromatic carbocycles. The van der Waals surface area contributed by atoms with Gasteiger partial charge in [-0.25, -0.2) is 13.6 Å². The maximum atomic E-state index is 11.2. The van der Waals surface area contributed by atoms with Gasteiger partial charge in [-0.1, -0.05) is 12.1 Å². The van der Waals surface area contributed by atoms with E-state index in [1.807, 2.05) is 0 Å². The van der Waals surface area contributed by atoms with Crippen molar-refractivity contribution in [3.8, 4) is 0 Å². The molecule has 0 radical (unpaired) electrons. The lowest BCUT2D eigenvalue weighted by Gasteiger charge is -2.14. The third-order valence-electron chi connectivity index (χ3n) is 3.25. The normalized spacial score (nSPS) is 13.3. The summed E-state index contributed by atoms with van der Waals surface area (Å²) in [4.78, 5) is 1.46. The first-order valence-electron chi connectivity index (χ1n) is 6.27. The van der Waals surface area contributed by atoms with Crippen LogP contribution in [0.5, 0.6) is 0 Å². The molecule has 20 heavy (non-hydrogen) atoms. The Morgan fingerprint density at radius 2 is 1.90 bits per heavy atom. The molecule has 0 amide bonds. The number of nitrogens with two attached hydrogens (primary N) is 1. The third-order valence-corrected chi connectivity index (χ3v) is 5.20. The van der Waals surface area contributed by atoms with Crippen molar-refractivity contribution in [1.29, 1.82) is 0 Å². The summed E-state index contributed by atoms with van der Waals surface area (Å²) in [5.74, 6) is 0. The first-order valence-corrected chi connectivity index (χ1v) is 8.69. The topological polar surface area (TPSA) is 72.2 Å². The van der Waals surface area contributed by atoms with E-state index in [1.165, 1.54) is 10.4 Å². The number of primary sulfonamides is 1. The van der Waals surface area contributed by atoms with Crippen molar-refractivity contribution in [1.82, 2.24) is 5.32 Å². The Hall–Kier alpha value is -1.21. The maximum absolute atomic E-state index is 11.2. The zero-order chi connectivity index (χ0) is 14.8. The Balaban J connectivity index is 2.03. The fraction of sp³-hybridized carbons (Fsp3) is 0.286. The van der Waals surface area contributed by atoms with E-state index in [9.17, 15) is 8.42 Å². The lowest BCUT2D eigenvalue weighted by Crippen LogP contribution is -2.18. The minimum Gasteiger partial charge on any atom is -0.305 e. The van der Waals surface area contributed by atoms with Crippen LogP contribution in [0.25, 0.3) is 0 Å². The van der Waals surface area contributed by atoms with Crippen molar-refractivity contribution in [2.24, 2.45) is 5.14 Å². The van der Waals surface area contributed by atoms with Crippen molar-refractivity contribution in [2.45, 2.75) is 31.3 Å². The van der Waals surface area contributed by atoms with Gasteiger partial charge in [0.1, 0.15) is 0 Å². The fourth-order valence-electron chi connectivity index (χ4n) is 1.90. The van der Waals surface area contributed by atoms with Crippen LogP contribution < -0.4 is 10.5 Å². The standard InChI is InChI=1S/C14H18N2O2S2/c1-10-7-8-19-14(10)9-16-11(2)12-3-5-13(6-4-12)20(15,17)18/h3-8,11,16H,9H2,1-2H3,(H2,15,17,18). The molecule has 0 spiro atoms. The van der Waals surface area contributed by atoms with Gasteiger partial charge in [-0.15, -0.1) is 11.3 Å². The number of sulfonamides is 1. The molecular formula is C14H18N2O2S2. The van der Waals surface area contributed by atoms with Gasteiger partial charge in [-0.3, -0.25) is 0 Å². The predicted molar refractivity (Wildman–Crippen MR) is 82.1 cm³/mol. The molecule has 1 aromatic heterocycles. The summed E-state index contributed by atoms with van der Waals surface area (Å²) >= 11 is 1.73. The van der Waals surface area contributed by atoms with Gasteiger partial charge in [0.25, 0.3) is 0 Å². The summed E-state index contributed by atoms with van der Waals surface area (Å²) in [7, 11) is -3.62. The van der Waals surface area contributed by atoms with Gasteiger partial charge in [-0.2, -0.15) is 0 Å². The molecule has 3 N–H and O–H groups in total. The second-order valence-electron chi connectivity index (χ2n) is 4.74. The predicted octanol–water partition coefficient (Wildman–Crippen LogP) is 2.55. The van der Waals surface area contributed by atoms with E-state index in [2.05, 4.69) is 30.6 Å². The lowest BCUT2D eigenvalue weighted by atomic mass is 10.1. The lowest BCUT2D eigenvalue weighted by molar-refractivity contribution is 0.576. The van der Waals surface area contributed by atoms with Crippen LogP contribution in [0.2, 0.25) is 0 Å². The molecule has 0 aliphatic heterocycles. The Morgan fingerprint density at radius 3 is 2.40 bits per heavy atom. The molecule has 6 heteroatoms. The molecular weight excluding hydrogens is 292 g/mol. The van der Waals surface area contributed by atoms with Gasteiger partial charge in [0.2, 0.25) is 10.0 Å². The number of thiophene rings is 1. The van der Waals surface area contributed by atoms with Gasteiger partial charge >= 0.3 is 0 Å². The van der Waals surface area contributed by atoms with Crippen molar-refractivity contribution in [3.05, 3.63) is 51.7 Å². The van der Waals surface area contributed by atoms with E-state index in [-0.39, 0.29) is 10.9 Å². The Labute approximate surface area is 123 Å². The second kappa shape index (κ2) is 6.05. The zero-order valence-electron chi connectivity index (χ0n) is 11.5. The van der Waals surface area contributed by atoms with E-state index < -0.39 is 10.0 Å². The largest absolute Gasteiger partial charge is 0.305 e. The van der Waals surface area contributed by atoms with Crippen LogP contribution in [0.4, 0.5) is 0 Å². The van der Waals surface area contributed by atoms with Crippen LogP contribution in [0.3, 0.4) is 0 Å². The van der Waals surface area contributed by atoms with Crippen LogP contribution in [-0.4, -0.2) is 8.42 Å². The van der Waals surface area contributed by atoms with Crippen LogP contribution in [0.1, 0.15) is 29.0 Å². The average molecular weight is 310 g/mol. The van der Waals surface area contributed by atoms with Crippen molar-refractivity contribution in [2.75, 3.05) is 0 Å². The summed E-state index contributed by atoms with van der Waals surface area (Å²) < 4.78 is 22.4. The van der Waals surface area contributed by atoms with E-state index in [0.29, 0.717) is 0 Å². The van der Waals surface area contributed by atoms with Crippen molar-refractivity contribution in [3.63, 3.8) is 0 Å². The molecule has 2 rings (SSSR count). The Kier molecular flexibility index (Phi) is 4.59. The number of nitrogens with one attached hydrogen (secondary N) is 1. The Morgan fingerprint density at radius 1 is 1.25 bits per heavy atom. The summed E-state index contributed by atoms with van der Waals surface area (Å²) in [6, 6.07) is 8.91. The quantitative estimate of drug-likeness (QED) is 0.891. The molecule has 1 atom stereocenters. The molecule has 4 nitrogen and oxygen atoms in total. The van der Waals surface area contributed by atoms with E-state index in [1.54, 1.807) is 35.6 Å². The van der Waals surface area contributed by atoms with Crippen LogP contribution in [-0.2, 0) is 16.6 Å². The number of rotatable bonds is 5. The first kappa shape index (κ1) is 15.2. The average Bonchev–Trinajstić information content (AvgIpc) is 2.81. The van der Waals surface area contributed by atoms with Crippen LogP contribution >= 0.6 is 11.3 Å². The fourth-order valence-corrected chi connectivity index (χ4v) is 3.27. The molecule has 0 aliphatic rings. The van der Waals surface area contributed by atoms with E-state index in [0.717, 1.165) is 12.1 Å². The molecule has 0 bridgehead atoms. The van der Waals surface area contributed by atoms with Crippen LogP contribution in [0, 0.1) is 6.92 Å². The number of hydrogen-bond donors (Lipinski definition) is 2. The number of aryl methyl sites for hydroxylation is 1. The molecule has 0 fully saturated rings. The second-order valence-corrected chi connectivity index (χ2v) is 7.31. The zero-order valence-corrected chi connectivity index (χ0v) is 13.1. The summed E-state index contributed by atoms with van der Waals surface area (Å²) in [6.07, 6.45) is 0. The highest BCUT2D eigenvalue weighted by Gasteiger charge is 2.10. The van der Waals surface area contributed by atoms with Gasteiger partial charge in [0, 0.05) is 17.5 Å². The molecule has 108 valence electrons. The smallest absolute Gasteiger partial charge is 0.238 e. The van der Waals surface area contributed by atoms with E-state index >= 15 is 0 Å². The molecule has 0 saturated heterocycles. The summed E-state index contributed by atoms with van der Waals surface area (Å²) in [6.45, 7) is 4.95. The van der Waals surface area contributed by atoms with Crippen molar-refractivity contribution >= 4 is 21.4 Å². The highest BCUT2D eigenvalue weighted by Crippen LogP contribution is 2.19. The minimum absolute atomic E-state index is 0.141. The minimum atomic E-state index is -3.62. The number of benzene rings is 1. The molecule has 1 unspecified atom stereocenters. The SMILES string of the molecule is Cc1ccsc1CNC(C)c1ccc(S(N)(=O)=O)cc1. The highest BCUT2D eigenvalue weighted by molar-refractivity contribution is 7.89. The van der Waals surface area contributed by atoms with Crippen LogP contribution in [0.15, 0.2) is 40.6 Å².